The summed E-state index contributed by atoms with van der Waals surface area (Å²) in [5.41, 5.74) is 6.12. The van der Waals surface area contributed by atoms with E-state index in [9.17, 15) is 4.79 Å². The first kappa shape index (κ1) is 17.3. The van der Waals surface area contributed by atoms with Crippen LogP contribution in [0.25, 0.3) is 0 Å². The van der Waals surface area contributed by atoms with Gasteiger partial charge in [0, 0.05) is 16.9 Å². The van der Waals surface area contributed by atoms with Gasteiger partial charge in [-0.25, -0.2) is 5.43 Å². The largest absolute Gasteiger partial charge is 0.272 e. The van der Waals surface area contributed by atoms with Crippen LogP contribution in [0.15, 0.2) is 52.3 Å². The molecule has 0 aliphatic heterocycles. The van der Waals surface area contributed by atoms with Gasteiger partial charge >= 0.3 is 0 Å². The van der Waals surface area contributed by atoms with E-state index < -0.39 is 0 Å². The van der Waals surface area contributed by atoms with Crippen molar-refractivity contribution in [2.24, 2.45) is 5.10 Å². The average molecular weight is 374 g/mol. The maximum atomic E-state index is 12.0. The maximum Gasteiger partial charge on any atom is 0.272 e. The summed E-state index contributed by atoms with van der Waals surface area (Å²) < 4.78 is 0.753. The van der Waals surface area contributed by atoms with Crippen LogP contribution in [0.2, 0.25) is 0 Å². The van der Waals surface area contributed by atoms with Crippen LogP contribution in [0.4, 0.5) is 0 Å². The van der Waals surface area contributed by atoms with E-state index in [1.165, 1.54) is 11.8 Å². The highest BCUT2D eigenvalue weighted by atomic mass is 79.9. The number of nitrogens with one attached hydrogen (secondary N) is 1. The van der Waals surface area contributed by atoms with Gasteiger partial charge in [-0.1, -0.05) is 45.0 Å². The van der Waals surface area contributed by atoms with Crippen molar-refractivity contribution < 1.29 is 4.79 Å². The van der Waals surface area contributed by atoms with Crippen LogP contribution in [0.3, 0.4) is 0 Å². The minimum Gasteiger partial charge on any atom is -0.267 e. The number of hydrazone groups is 1. The third-order valence-electron chi connectivity index (χ3n) is 3.46. The van der Waals surface area contributed by atoms with E-state index in [0.29, 0.717) is 5.56 Å². The van der Waals surface area contributed by atoms with Gasteiger partial charge in [0.05, 0.1) is 11.3 Å². The predicted octanol–water partition coefficient (Wildman–Crippen LogP) is 4.30. The van der Waals surface area contributed by atoms with Crippen LogP contribution in [0.5, 0.6) is 0 Å². The second-order valence-corrected chi connectivity index (χ2v) is 7.27. The molecule has 5 heteroatoms. The van der Waals surface area contributed by atoms with E-state index in [2.05, 4.69) is 64.3 Å². The van der Waals surface area contributed by atoms with Gasteiger partial charge in [0.15, 0.2) is 0 Å². The summed E-state index contributed by atoms with van der Waals surface area (Å²) in [6.07, 6.45) is 3.13. The van der Waals surface area contributed by atoms with E-state index >= 15 is 0 Å². The van der Waals surface area contributed by atoms with Crippen LogP contribution in [-0.4, -0.2) is 16.6 Å². The second-order valence-electron chi connectivity index (χ2n) is 6.36. The third kappa shape index (κ3) is 4.73. The Hall–Kier alpha value is -2.01. The van der Waals surface area contributed by atoms with Crippen molar-refractivity contribution in [2.75, 3.05) is 0 Å². The molecule has 1 aromatic carbocycles. The number of rotatable bonds is 3. The first-order valence-electron chi connectivity index (χ1n) is 7.33. The molecule has 0 aliphatic rings. The lowest BCUT2D eigenvalue weighted by atomic mass is 9.86. The summed E-state index contributed by atoms with van der Waals surface area (Å²) in [5.74, 6) is -0.288. The molecule has 2 aromatic rings. The van der Waals surface area contributed by atoms with E-state index in [-0.39, 0.29) is 11.3 Å². The summed E-state index contributed by atoms with van der Waals surface area (Å²) in [6, 6.07) is 9.92. The SMILES string of the molecule is CC(=NNC(=O)c1cncc(Br)c1)c1ccc(C(C)(C)C)cc1. The van der Waals surface area contributed by atoms with Gasteiger partial charge in [-0.05, 0) is 45.5 Å². The molecule has 0 fully saturated rings. The topological polar surface area (TPSA) is 54.4 Å². The Morgan fingerprint density at radius 1 is 1.13 bits per heavy atom. The van der Waals surface area contributed by atoms with Gasteiger partial charge in [-0.15, -0.1) is 0 Å². The van der Waals surface area contributed by atoms with Crippen molar-refractivity contribution in [2.45, 2.75) is 33.1 Å². The molecule has 0 atom stereocenters. The Bertz CT molecular complexity index is 731. The number of benzene rings is 1. The Kier molecular flexibility index (Phi) is 5.31. The maximum absolute atomic E-state index is 12.0. The number of hydrogen-bond acceptors (Lipinski definition) is 3. The van der Waals surface area contributed by atoms with Gasteiger partial charge < -0.3 is 0 Å². The van der Waals surface area contributed by atoms with Crippen LogP contribution >= 0.6 is 15.9 Å². The van der Waals surface area contributed by atoms with Gasteiger partial charge in [-0.2, -0.15) is 5.10 Å². The third-order valence-corrected chi connectivity index (χ3v) is 3.89. The number of amides is 1. The van der Waals surface area contributed by atoms with Crippen molar-refractivity contribution in [3.05, 3.63) is 63.9 Å². The lowest BCUT2D eigenvalue weighted by Crippen LogP contribution is -2.19. The molecule has 120 valence electrons. The Morgan fingerprint density at radius 3 is 2.35 bits per heavy atom. The number of pyridine rings is 1. The Balaban J connectivity index is 2.09. The lowest BCUT2D eigenvalue weighted by Gasteiger charge is -2.19. The van der Waals surface area contributed by atoms with E-state index in [1.807, 2.05) is 19.1 Å². The van der Waals surface area contributed by atoms with E-state index in [4.69, 9.17) is 0 Å². The van der Waals surface area contributed by atoms with Crippen molar-refractivity contribution >= 4 is 27.5 Å². The molecule has 1 amide bonds. The minimum absolute atomic E-state index is 0.117. The zero-order chi connectivity index (χ0) is 17.0. The fourth-order valence-electron chi connectivity index (χ4n) is 2.01. The van der Waals surface area contributed by atoms with Crippen LogP contribution < -0.4 is 5.43 Å². The number of nitrogens with zero attached hydrogens (tertiary/aromatic N) is 2. The van der Waals surface area contributed by atoms with Crippen molar-refractivity contribution in [3.63, 3.8) is 0 Å². The number of aromatic nitrogens is 1. The molecular weight excluding hydrogens is 354 g/mol. The number of halogens is 1. The molecule has 0 aliphatic carbocycles. The quantitative estimate of drug-likeness (QED) is 0.644. The van der Waals surface area contributed by atoms with Gasteiger partial charge in [0.1, 0.15) is 0 Å². The molecule has 0 saturated carbocycles. The molecular formula is C18H20BrN3O. The molecule has 0 bridgehead atoms. The molecule has 1 N–H and O–H groups in total. The zero-order valence-electron chi connectivity index (χ0n) is 13.7. The van der Waals surface area contributed by atoms with Crippen LogP contribution in [-0.2, 0) is 5.41 Å². The smallest absolute Gasteiger partial charge is 0.267 e. The van der Waals surface area contributed by atoms with Gasteiger partial charge in [-0.3, -0.25) is 9.78 Å². The monoisotopic (exact) mass is 373 g/mol. The average Bonchev–Trinajstić information content (AvgIpc) is 2.51. The van der Waals surface area contributed by atoms with Gasteiger partial charge in [0.25, 0.3) is 5.91 Å². The number of carbonyl (C=O) groups is 1. The highest BCUT2D eigenvalue weighted by Gasteiger charge is 2.13. The summed E-state index contributed by atoms with van der Waals surface area (Å²) in [6.45, 7) is 8.39. The summed E-state index contributed by atoms with van der Waals surface area (Å²) in [4.78, 5) is 16.0. The summed E-state index contributed by atoms with van der Waals surface area (Å²) in [7, 11) is 0. The number of hydrogen-bond donors (Lipinski definition) is 1. The summed E-state index contributed by atoms with van der Waals surface area (Å²) in [5, 5.41) is 4.17. The molecule has 1 aromatic heterocycles. The first-order valence-corrected chi connectivity index (χ1v) is 8.13. The minimum atomic E-state index is -0.288. The predicted molar refractivity (Wildman–Crippen MR) is 96.8 cm³/mol. The fourth-order valence-corrected chi connectivity index (χ4v) is 2.38. The number of carbonyl (C=O) groups excluding carboxylic acids is 1. The highest BCUT2D eigenvalue weighted by molar-refractivity contribution is 9.10. The van der Waals surface area contributed by atoms with E-state index in [1.54, 1.807) is 12.3 Å². The highest BCUT2D eigenvalue weighted by Crippen LogP contribution is 2.22. The van der Waals surface area contributed by atoms with Crippen LogP contribution in [0.1, 0.15) is 49.2 Å². The molecule has 0 radical (unpaired) electrons. The van der Waals surface area contributed by atoms with E-state index in [0.717, 1.165) is 15.7 Å². The van der Waals surface area contributed by atoms with Crippen LogP contribution in [0, 0.1) is 0 Å². The fraction of sp³-hybridized carbons (Fsp3) is 0.278. The van der Waals surface area contributed by atoms with Crippen molar-refractivity contribution in [3.8, 4) is 0 Å². The Morgan fingerprint density at radius 2 is 1.78 bits per heavy atom. The van der Waals surface area contributed by atoms with Gasteiger partial charge in [0.2, 0.25) is 0 Å². The molecule has 0 unspecified atom stereocenters. The molecule has 0 spiro atoms. The van der Waals surface area contributed by atoms with Crippen molar-refractivity contribution in [1.29, 1.82) is 0 Å². The second kappa shape index (κ2) is 7.04. The molecule has 2 rings (SSSR count). The Labute approximate surface area is 145 Å². The molecule has 0 saturated heterocycles. The zero-order valence-corrected chi connectivity index (χ0v) is 15.3. The molecule has 4 nitrogen and oxygen atoms in total. The van der Waals surface area contributed by atoms with Crippen molar-refractivity contribution in [1.82, 2.24) is 10.4 Å². The molecule has 1 heterocycles. The summed E-state index contributed by atoms with van der Waals surface area (Å²) >= 11 is 3.29. The lowest BCUT2D eigenvalue weighted by molar-refractivity contribution is 0.0954. The standard InChI is InChI=1S/C18H20BrN3O/c1-12(13-5-7-15(8-6-13)18(2,3)4)21-22-17(23)14-9-16(19)11-20-10-14/h5-11H,1-4H3,(H,22,23). The normalized spacial score (nSPS) is 12.1. The molecule has 23 heavy (non-hydrogen) atoms. The first-order chi connectivity index (χ1) is 10.8.